The van der Waals surface area contributed by atoms with Crippen LogP contribution >= 0.6 is 0 Å². The quantitative estimate of drug-likeness (QED) is 0.778. The summed E-state index contributed by atoms with van der Waals surface area (Å²) in [7, 11) is -0.229. The van der Waals surface area contributed by atoms with Crippen LogP contribution in [0.4, 0.5) is 0 Å². The third kappa shape index (κ3) is 3.15. The Kier molecular flexibility index (Phi) is 4.73. The lowest BCUT2D eigenvalue weighted by Crippen LogP contribution is -2.35. The van der Waals surface area contributed by atoms with Crippen molar-refractivity contribution in [2.75, 3.05) is 33.3 Å². The summed E-state index contributed by atoms with van der Waals surface area (Å²) in [6.45, 7) is 5.56. The number of benzene rings is 1. The maximum absolute atomic E-state index is 13.3. The van der Waals surface area contributed by atoms with E-state index in [2.05, 4.69) is 16.8 Å². The first-order chi connectivity index (χ1) is 12.9. The maximum atomic E-state index is 13.3. The number of imidazole rings is 1. The summed E-state index contributed by atoms with van der Waals surface area (Å²) in [6.07, 6.45) is 3.11. The van der Waals surface area contributed by atoms with Gasteiger partial charge in [-0.2, -0.15) is 4.31 Å². The summed E-state index contributed by atoms with van der Waals surface area (Å²) in [5.41, 5.74) is 1.01. The van der Waals surface area contributed by atoms with E-state index in [1.807, 2.05) is 24.3 Å². The zero-order valence-corrected chi connectivity index (χ0v) is 16.8. The molecule has 0 bridgehead atoms. The number of fused-ring (bicyclic) bond motifs is 1. The van der Waals surface area contributed by atoms with Crippen molar-refractivity contribution in [3.63, 3.8) is 0 Å². The molecule has 3 atom stereocenters. The molecule has 0 N–H and O–H groups in total. The van der Waals surface area contributed by atoms with Crippen LogP contribution in [0.15, 0.2) is 41.8 Å². The molecule has 0 amide bonds. The molecule has 2 aliphatic rings. The highest BCUT2D eigenvalue weighted by atomic mass is 32.2. The highest BCUT2D eigenvalue weighted by Gasteiger charge is 2.51. The van der Waals surface area contributed by atoms with E-state index in [1.54, 1.807) is 29.2 Å². The molecule has 4 rings (SSSR count). The predicted octanol–water partition coefficient (Wildman–Crippen LogP) is 1.74. The lowest BCUT2D eigenvalue weighted by molar-refractivity contribution is 0.274. The topological polar surface area (TPSA) is 67.7 Å². The molecule has 1 aromatic carbocycles. The molecule has 0 aliphatic carbocycles. The summed E-state index contributed by atoms with van der Waals surface area (Å²) >= 11 is 0. The Morgan fingerprint density at radius 1 is 1.19 bits per heavy atom. The predicted molar refractivity (Wildman–Crippen MR) is 102 cm³/mol. The van der Waals surface area contributed by atoms with Crippen molar-refractivity contribution in [2.45, 2.75) is 18.0 Å². The van der Waals surface area contributed by atoms with Crippen molar-refractivity contribution >= 4 is 10.0 Å². The van der Waals surface area contributed by atoms with Crippen LogP contribution in [-0.2, 0) is 17.1 Å². The normalized spacial score (nSPS) is 26.4. The zero-order chi connectivity index (χ0) is 19.2. The van der Waals surface area contributed by atoms with E-state index in [-0.39, 0.29) is 17.0 Å². The van der Waals surface area contributed by atoms with Gasteiger partial charge < -0.3 is 14.2 Å². The number of ether oxygens (including phenoxy) is 1. The van der Waals surface area contributed by atoms with Crippen LogP contribution in [0.1, 0.15) is 18.5 Å². The molecule has 8 heteroatoms. The fraction of sp³-hybridized carbons (Fsp3) is 0.526. The number of aryl methyl sites for hydroxylation is 1. The van der Waals surface area contributed by atoms with Gasteiger partial charge in [0, 0.05) is 32.9 Å². The van der Waals surface area contributed by atoms with Crippen LogP contribution < -0.4 is 4.74 Å². The number of rotatable bonds is 5. The fourth-order valence-electron chi connectivity index (χ4n) is 4.46. The van der Waals surface area contributed by atoms with Gasteiger partial charge in [-0.15, -0.1) is 0 Å². The molecule has 7 nitrogen and oxygen atoms in total. The molecule has 3 heterocycles. The summed E-state index contributed by atoms with van der Waals surface area (Å²) in [6, 6.07) is 7.61. The van der Waals surface area contributed by atoms with Crippen LogP contribution in [0.5, 0.6) is 5.75 Å². The first kappa shape index (κ1) is 18.5. The number of aromatic nitrogens is 2. The van der Waals surface area contributed by atoms with E-state index in [0.717, 1.165) is 30.9 Å². The second-order valence-electron chi connectivity index (χ2n) is 7.45. The van der Waals surface area contributed by atoms with Crippen molar-refractivity contribution in [3.8, 4) is 5.75 Å². The van der Waals surface area contributed by atoms with Crippen molar-refractivity contribution in [1.82, 2.24) is 18.8 Å². The van der Waals surface area contributed by atoms with Gasteiger partial charge in [0.15, 0.2) is 5.03 Å². The minimum absolute atomic E-state index is 0.121. The number of sulfonamides is 1. The highest BCUT2D eigenvalue weighted by Crippen LogP contribution is 2.47. The van der Waals surface area contributed by atoms with Gasteiger partial charge in [-0.05, 0) is 36.1 Å². The summed E-state index contributed by atoms with van der Waals surface area (Å²) in [5, 5.41) is 0.121. The van der Waals surface area contributed by atoms with E-state index >= 15 is 0 Å². The van der Waals surface area contributed by atoms with Crippen molar-refractivity contribution in [2.24, 2.45) is 18.9 Å². The SMILES string of the molecule is CCN1C[C@H]2CN(S(=O)(=O)c3cn(C)cn3)[C@@H](c3ccc(OC)cc3)[C@H]2C1. The van der Waals surface area contributed by atoms with Crippen molar-refractivity contribution in [1.29, 1.82) is 0 Å². The smallest absolute Gasteiger partial charge is 0.262 e. The molecule has 0 radical (unpaired) electrons. The summed E-state index contributed by atoms with van der Waals surface area (Å²) < 4.78 is 35.3. The van der Waals surface area contributed by atoms with E-state index in [4.69, 9.17) is 4.74 Å². The average Bonchev–Trinajstić information content (AvgIpc) is 3.35. The third-order valence-electron chi connectivity index (χ3n) is 5.86. The molecule has 0 unspecified atom stereocenters. The summed E-state index contributed by atoms with van der Waals surface area (Å²) in [4.78, 5) is 6.53. The van der Waals surface area contributed by atoms with Gasteiger partial charge in [-0.3, -0.25) is 0 Å². The van der Waals surface area contributed by atoms with Crippen LogP contribution in [0.25, 0.3) is 0 Å². The molecular formula is C19H26N4O3S. The van der Waals surface area contributed by atoms with Crippen LogP contribution in [0, 0.1) is 11.8 Å². The van der Waals surface area contributed by atoms with Gasteiger partial charge in [0.1, 0.15) is 5.75 Å². The average molecular weight is 391 g/mol. The molecule has 2 fully saturated rings. The first-order valence-corrected chi connectivity index (χ1v) is 10.7. The number of likely N-dealkylation sites (tertiary alicyclic amines) is 1. The molecule has 0 saturated carbocycles. The first-order valence-electron chi connectivity index (χ1n) is 9.30. The van der Waals surface area contributed by atoms with Gasteiger partial charge in [-0.25, -0.2) is 13.4 Å². The Balaban J connectivity index is 1.73. The zero-order valence-electron chi connectivity index (χ0n) is 15.9. The van der Waals surface area contributed by atoms with Crippen molar-refractivity contribution in [3.05, 3.63) is 42.4 Å². The van der Waals surface area contributed by atoms with Gasteiger partial charge >= 0.3 is 0 Å². The molecule has 1 aromatic heterocycles. The Hall–Kier alpha value is -1.90. The van der Waals surface area contributed by atoms with Gasteiger partial charge in [-0.1, -0.05) is 19.1 Å². The Morgan fingerprint density at radius 2 is 1.93 bits per heavy atom. The molecule has 2 saturated heterocycles. The monoisotopic (exact) mass is 390 g/mol. The number of methoxy groups -OCH3 is 1. The highest BCUT2D eigenvalue weighted by molar-refractivity contribution is 7.89. The third-order valence-corrected chi connectivity index (χ3v) is 7.59. The second kappa shape index (κ2) is 6.92. The minimum Gasteiger partial charge on any atom is -0.497 e. The number of hydrogen-bond donors (Lipinski definition) is 0. The number of hydrogen-bond acceptors (Lipinski definition) is 5. The molecule has 146 valence electrons. The van der Waals surface area contributed by atoms with Gasteiger partial charge in [0.2, 0.25) is 0 Å². The summed E-state index contributed by atoms with van der Waals surface area (Å²) in [5.74, 6) is 1.40. The van der Waals surface area contributed by atoms with Crippen LogP contribution in [0.3, 0.4) is 0 Å². The van der Waals surface area contributed by atoms with Gasteiger partial charge in [0.05, 0.1) is 19.5 Å². The second-order valence-corrected chi connectivity index (χ2v) is 9.28. The fourth-order valence-corrected chi connectivity index (χ4v) is 6.15. The van der Waals surface area contributed by atoms with Crippen LogP contribution in [0.2, 0.25) is 0 Å². The van der Waals surface area contributed by atoms with E-state index in [1.165, 1.54) is 6.33 Å². The molecule has 27 heavy (non-hydrogen) atoms. The van der Waals surface area contributed by atoms with E-state index in [9.17, 15) is 8.42 Å². The standard InChI is InChI=1S/C19H26N4O3S/c1-4-22-9-15-10-23(27(24,25)18-12-21(2)13-20-18)19(17(15)11-22)14-5-7-16(26-3)8-6-14/h5-8,12-13,15,17,19H,4,9-11H2,1-3H3/t15-,17-,19-/m0/s1. The molecule has 2 aliphatic heterocycles. The number of nitrogens with zero attached hydrogens (tertiary/aromatic N) is 4. The molecule has 2 aromatic rings. The minimum atomic E-state index is -3.65. The lowest BCUT2D eigenvalue weighted by atomic mass is 9.90. The Labute approximate surface area is 160 Å². The molecular weight excluding hydrogens is 364 g/mol. The Morgan fingerprint density at radius 3 is 2.52 bits per heavy atom. The van der Waals surface area contributed by atoms with E-state index in [0.29, 0.717) is 12.5 Å². The van der Waals surface area contributed by atoms with E-state index < -0.39 is 10.0 Å². The Bertz CT molecular complexity index is 909. The lowest BCUT2D eigenvalue weighted by Gasteiger charge is -2.28. The van der Waals surface area contributed by atoms with Crippen molar-refractivity contribution < 1.29 is 13.2 Å². The maximum Gasteiger partial charge on any atom is 0.262 e. The van der Waals surface area contributed by atoms with Crippen LogP contribution in [-0.4, -0.2) is 60.5 Å². The largest absolute Gasteiger partial charge is 0.497 e. The van der Waals surface area contributed by atoms with Gasteiger partial charge in [0.25, 0.3) is 10.0 Å². The molecule has 0 spiro atoms.